The summed E-state index contributed by atoms with van der Waals surface area (Å²) in [6.45, 7) is 7.63. The van der Waals surface area contributed by atoms with Crippen molar-refractivity contribution in [2.24, 2.45) is 11.3 Å². The van der Waals surface area contributed by atoms with Crippen LogP contribution in [0, 0.1) is 11.3 Å². The number of nitrogens with zero attached hydrogens (tertiary/aromatic N) is 1. The summed E-state index contributed by atoms with van der Waals surface area (Å²) in [5.41, 5.74) is 0.960. The zero-order chi connectivity index (χ0) is 18.6. The summed E-state index contributed by atoms with van der Waals surface area (Å²) in [5.74, 6) is 1.38. The number of imide groups is 1. The normalized spacial score (nSPS) is 25.0. The monoisotopic (exact) mass is 362 g/mol. The molecule has 6 heteroatoms. The van der Waals surface area contributed by atoms with Crippen molar-refractivity contribution in [1.29, 1.82) is 0 Å². The van der Waals surface area contributed by atoms with Gasteiger partial charge in [0.05, 0.1) is 12.9 Å². The topological polar surface area (TPSA) is 67.9 Å². The van der Waals surface area contributed by atoms with Crippen LogP contribution in [0.2, 0.25) is 0 Å². The van der Waals surface area contributed by atoms with E-state index in [9.17, 15) is 9.59 Å². The van der Waals surface area contributed by atoms with Crippen molar-refractivity contribution in [2.45, 2.75) is 46.0 Å². The van der Waals surface area contributed by atoms with E-state index in [1.54, 1.807) is 0 Å². The van der Waals surface area contributed by atoms with Crippen LogP contribution in [0.4, 0.5) is 0 Å². The van der Waals surface area contributed by atoms with Crippen LogP contribution in [-0.4, -0.2) is 49.6 Å². The summed E-state index contributed by atoms with van der Waals surface area (Å²) in [6, 6.07) is 0. The van der Waals surface area contributed by atoms with Crippen molar-refractivity contribution in [3.63, 3.8) is 0 Å². The molecule has 3 aliphatic rings. The van der Waals surface area contributed by atoms with Crippen LogP contribution in [-0.2, 0) is 19.1 Å². The maximum absolute atomic E-state index is 12.1. The molecule has 1 N–H and O–H groups in total. The Bertz CT molecular complexity index is 589. The number of carbonyl (C=O) groups is 2. The van der Waals surface area contributed by atoms with E-state index in [-0.39, 0.29) is 17.2 Å². The number of carbonyl (C=O) groups excluding carboxylic acids is 2. The van der Waals surface area contributed by atoms with Gasteiger partial charge in [0.2, 0.25) is 11.8 Å². The zero-order valence-electron chi connectivity index (χ0n) is 15.9. The van der Waals surface area contributed by atoms with Gasteiger partial charge < -0.3 is 14.8 Å². The number of hydrogen-bond donors (Lipinski definition) is 1. The average molecular weight is 362 g/mol. The molecule has 2 fully saturated rings. The predicted octanol–water partition coefficient (Wildman–Crippen LogP) is 2.37. The van der Waals surface area contributed by atoms with Gasteiger partial charge in [0.1, 0.15) is 12.4 Å². The van der Waals surface area contributed by atoms with Gasteiger partial charge in [0, 0.05) is 37.4 Å². The number of amides is 2. The van der Waals surface area contributed by atoms with E-state index in [2.05, 4.69) is 5.32 Å². The van der Waals surface area contributed by atoms with Crippen molar-refractivity contribution < 1.29 is 19.1 Å². The summed E-state index contributed by atoms with van der Waals surface area (Å²) in [7, 11) is 0. The van der Waals surface area contributed by atoms with Crippen molar-refractivity contribution in [3.05, 3.63) is 23.7 Å². The molecule has 2 saturated heterocycles. The maximum atomic E-state index is 12.1. The largest absolute Gasteiger partial charge is 0.497 e. The van der Waals surface area contributed by atoms with Crippen molar-refractivity contribution in [3.8, 4) is 0 Å². The quantitative estimate of drug-likeness (QED) is 0.556. The molecule has 26 heavy (non-hydrogen) atoms. The first-order valence-electron chi connectivity index (χ1n) is 9.62. The number of allylic oxidation sites excluding steroid dienone is 1. The van der Waals surface area contributed by atoms with E-state index in [4.69, 9.17) is 9.47 Å². The van der Waals surface area contributed by atoms with Crippen molar-refractivity contribution >= 4 is 11.8 Å². The molecule has 0 aliphatic carbocycles. The molecular weight excluding hydrogens is 332 g/mol. The predicted molar refractivity (Wildman–Crippen MR) is 98.0 cm³/mol. The number of fused-ring (bicyclic) bond motifs is 1. The molecule has 144 valence electrons. The van der Waals surface area contributed by atoms with E-state index >= 15 is 0 Å². The second kappa shape index (κ2) is 8.25. The minimum Gasteiger partial charge on any atom is -0.497 e. The summed E-state index contributed by atoms with van der Waals surface area (Å²) >= 11 is 0. The van der Waals surface area contributed by atoms with Gasteiger partial charge in [-0.25, -0.2) is 0 Å². The molecule has 0 bridgehead atoms. The molecule has 3 aliphatic heterocycles. The molecular formula is C20H30N2O4. The number of ether oxygens (including phenoxy) is 2. The number of likely N-dealkylation sites (tertiary alicyclic amines) is 1. The highest BCUT2D eigenvalue weighted by Crippen LogP contribution is 2.31. The third-order valence-corrected chi connectivity index (χ3v) is 5.17. The smallest absolute Gasteiger partial charge is 0.229 e. The number of piperidine rings is 1. The fourth-order valence-corrected chi connectivity index (χ4v) is 3.76. The third-order valence-electron chi connectivity index (χ3n) is 5.17. The number of rotatable bonds is 7. The molecule has 0 radical (unpaired) electrons. The van der Waals surface area contributed by atoms with E-state index < -0.39 is 0 Å². The van der Waals surface area contributed by atoms with E-state index in [1.807, 2.05) is 26.2 Å². The van der Waals surface area contributed by atoms with E-state index in [0.717, 1.165) is 50.3 Å². The molecule has 1 unspecified atom stereocenters. The van der Waals surface area contributed by atoms with Gasteiger partial charge in [0.15, 0.2) is 0 Å². The van der Waals surface area contributed by atoms with Crippen LogP contribution in [0.1, 0.15) is 46.0 Å². The Labute approximate surface area is 155 Å². The molecule has 3 heterocycles. The van der Waals surface area contributed by atoms with Gasteiger partial charge >= 0.3 is 0 Å². The van der Waals surface area contributed by atoms with Crippen LogP contribution in [0.5, 0.6) is 0 Å². The van der Waals surface area contributed by atoms with Gasteiger partial charge in [-0.05, 0) is 37.3 Å². The van der Waals surface area contributed by atoms with Gasteiger partial charge in [-0.2, -0.15) is 0 Å². The Hall–Kier alpha value is -1.82. The zero-order valence-corrected chi connectivity index (χ0v) is 15.9. The van der Waals surface area contributed by atoms with E-state index in [0.29, 0.717) is 31.9 Å². The Morgan fingerprint density at radius 2 is 2.00 bits per heavy atom. The lowest BCUT2D eigenvalue weighted by Crippen LogP contribution is -2.46. The highest BCUT2D eigenvalue weighted by Gasteiger charge is 2.36. The molecule has 0 aromatic heterocycles. The molecule has 3 rings (SSSR count). The molecule has 0 saturated carbocycles. The SMILES string of the molecule is CC1(C)CC(=O)N(CCCCNCC2COC3=CCOC=C3C2)C(=O)C1. The van der Waals surface area contributed by atoms with Crippen LogP contribution in [0.3, 0.4) is 0 Å². The molecule has 0 aromatic carbocycles. The Kier molecular flexibility index (Phi) is 6.01. The number of nitrogens with one attached hydrogen (secondary N) is 1. The first kappa shape index (κ1) is 19.0. The lowest BCUT2D eigenvalue weighted by molar-refractivity contribution is -0.152. The van der Waals surface area contributed by atoms with Crippen LogP contribution >= 0.6 is 0 Å². The fraction of sp³-hybridized carbons (Fsp3) is 0.700. The summed E-state index contributed by atoms with van der Waals surface area (Å²) in [5, 5.41) is 3.47. The lowest BCUT2D eigenvalue weighted by atomic mass is 9.82. The summed E-state index contributed by atoms with van der Waals surface area (Å²) in [4.78, 5) is 25.7. The summed E-state index contributed by atoms with van der Waals surface area (Å²) < 4.78 is 11.1. The average Bonchev–Trinajstić information content (AvgIpc) is 2.58. The first-order valence-corrected chi connectivity index (χ1v) is 9.62. The van der Waals surface area contributed by atoms with Gasteiger partial charge in [-0.15, -0.1) is 0 Å². The highest BCUT2D eigenvalue weighted by atomic mass is 16.5. The molecule has 1 atom stereocenters. The van der Waals surface area contributed by atoms with E-state index in [1.165, 1.54) is 4.90 Å². The number of hydrogen-bond acceptors (Lipinski definition) is 5. The Balaban J connectivity index is 1.29. The fourth-order valence-electron chi connectivity index (χ4n) is 3.76. The highest BCUT2D eigenvalue weighted by molar-refractivity contribution is 5.98. The lowest BCUT2D eigenvalue weighted by Gasteiger charge is -2.34. The second-order valence-corrected chi connectivity index (χ2v) is 8.29. The van der Waals surface area contributed by atoms with Gasteiger partial charge in [-0.1, -0.05) is 13.8 Å². The van der Waals surface area contributed by atoms with Crippen LogP contribution < -0.4 is 5.32 Å². The Morgan fingerprint density at radius 3 is 2.77 bits per heavy atom. The van der Waals surface area contributed by atoms with Crippen LogP contribution in [0.25, 0.3) is 0 Å². The van der Waals surface area contributed by atoms with Crippen LogP contribution in [0.15, 0.2) is 23.7 Å². The molecule has 0 spiro atoms. The molecule has 6 nitrogen and oxygen atoms in total. The van der Waals surface area contributed by atoms with Crippen molar-refractivity contribution in [1.82, 2.24) is 10.2 Å². The van der Waals surface area contributed by atoms with Crippen molar-refractivity contribution in [2.75, 3.05) is 32.8 Å². The minimum absolute atomic E-state index is 0.0228. The molecule has 2 amide bonds. The van der Waals surface area contributed by atoms with Gasteiger partial charge in [0.25, 0.3) is 0 Å². The minimum atomic E-state index is -0.192. The summed E-state index contributed by atoms with van der Waals surface area (Å²) in [6.07, 6.45) is 7.51. The first-order chi connectivity index (χ1) is 12.4. The third kappa shape index (κ3) is 4.87. The Morgan fingerprint density at radius 1 is 1.23 bits per heavy atom. The van der Waals surface area contributed by atoms with Gasteiger partial charge in [-0.3, -0.25) is 14.5 Å². The maximum Gasteiger partial charge on any atom is 0.229 e. The standard InChI is InChI=1S/C20H30N2O4/c1-20(2)10-18(23)22(19(24)11-20)7-4-3-6-21-12-15-9-16-14-25-8-5-17(16)26-13-15/h5,14-15,21H,3-4,6-13H2,1-2H3. The number of unbranched alkanes of at least 4 members (excludes halogenated alkanes) is 1. The molecule has 0 aromatic rings. The second-order valence-electron chi connectivity index (χ2n) is 8.29.